The molecule has 4 aromatic rings. The number of nitrogens with zero attached hydrogens (tertiary/aromatic N) is 4. The minimum Gasteiger partial charge on any atom is -0.383 e. The van der Waals surface area contributed by atoms with Gasteiger partial charge in [-0.2, -0.15) is 18.3 Å². The van der Waals surface area contributed by atoms with Crippen molar-refractivity contribution in [1.82, 2.24) is 25.1 Å². The van der Waals surface area contributed by atoms with Crippen molar-refractivity contribution in [3.63, 3.8) is 0 Å². The standard InChI is InChI=1S/C25H24F3N7O2S/c1-13-9-24(37,4-2-18(13)21(29)36)22-31-12-19(38-22)15-6-14(16-10-32-33-11-16)7-17(8-15)34-23-30-5-3-20(35-23)25(26,27)28/h3,5-8,10-13,18,37H,2,4,9H2,1H3,(H2,29,36)(H,32,33)(H,30,34,35). The van der Waals surface area contributed by atoms with Crippen LogP contribution in [0, 0.1) is 11.8 Å². The maximum atomic E-state index is 13.1. The summed E-state index contributed by atoms with van der Waals surface area (Å²) >= 11 is 1.32. The zero-order valence-corrected chi connectivity index (χ0v) is 21.0. The number of amides is 1. The molecule has 1 aromatic carbocycles. The van der Waals surface area contributed by atoms with Crippen LogP contribution < -0.4 is 11.1 Å². The number of carbonyl (C=O) groups is 1. The number of primary amides is 1. The molecule has 5 rings (SSSR count). The van der Waals surface area contributed by atoms with Gasteiger partial charge in [-0.25, -0.2) is 15.0 Å². The molecule has 1 fully saturated rings. The van der Waals surface area contributed by atoms with Gasteiger partial charge in [0.2, 0.25) is 11.9 Å². The molecule has 1 saturated carbocycles. The summed E-state index contributed by atoms with van der Waals surface area (Å²) < 4.78 is 39.4. The predicted octanol–water partition coefficient (Wildman–Crippen LogP) is 4.86. The number of aromatic nitrogens is 5. The van der Waals surface area contributed by atoms with Gasteiger partial charge in [-0.05, 0) is 60.6 Å². The number of alkyl halides is 3. The van der Waals surface area contributed by atoms with E-state index in [1.165, 1.54) is 11.3 Å². The van der Waals surface area contributed by atoms with Crippen LogP contribution in [0.15, 0.2) is 49.1 Å². The lowest BCUT2D eigenvalue weighted by Gasteiger charge is -2.37. The van der Waals surface area contributed by atoms with Crippen LogP contribution in [0.3, 0.4) is 0 Å². The molecule has 3 heterocycles. The molecule has 38 heavy (non-hydrogen) atoms. The number of hydrogen-bond acceptors (Lipinski definition) is 8. The largest absolute Gasteiger partial charge is 0.433 e. The van der Waals surface area contributed by atoms with E-state index in [1.807, 2.05) is 13.0 Å². The molecule has 3 atom stereocenters. The van der Waals surface area contributed by atoms with E-state index in [-0.39, 0.29) is 23.7 Å². The first-order valence-corrected chi connectivity index (χ1v) is 12.6. The Kier molecular flexibility index (Phi) is 6.65. The minimum absolute atomic E-state index is 0.0914. The first kappa shape index (κ1) is 25.8. The summed E-state index contributed by atoms with van der Waals surface area (Å²) in [6.07, 6.45) is 2.63. The Morgan fingerprint density at radius 3 is 2.68 bits per heavy atom. The molecular weight excluding hydrogens is 519 g/mol. The molecule has 198 valence electrons. The minimum atomic E-state index is -4.60. The Labute approximate surface area is 219 Å². The predicted molar refractivity (Wildman–Crippen MR) is 135 cm³/mol. The fourth-order valence-corrected chi connectivity index (χ4v) is 5.85. The van der Waals surface area contributed by atoms with Crippen molar-refractivity contribution in [2.45, 2.75) is 38.0 Å². The number of thiazole rings is 1. The van der Waals surface area contributed by atoms with Crippen LogP contribution >= 0.6 is 11.3 Å². The van der Waals surface area contributed by atoms with E-state index in [0.717, 1.165) is 33.8 Å². The summed E-state index contributed by atoms with van der Waals surface area (Å²) in [7, 11) is 0. The average Bonchev–Trinajstić information content (AvgIpc) is 3.56. The van der Waals surface area contributed by atoms with Crippen molar-refractivity contribution < 1.29 is 23.1 Å². The molecule has 0 bridgehead atoms. The number of benzene rings is 1. The fraction of sp³-hybridized carbons (Fsp3) is 0.320. The van der Waals surface area contributed by atoms with E-state index in [1.54, 1.807) is 30.7 Å². The lowest BCUT2D eigenvalue weighted by Crippen LogP contribution is -2.40. The molecule has 3 aromatic heterocycles. The van der Waals surface area contributed by atoms with E-state index in [0.29, 0.717) is 30.0 Å². The molecule has 0 aliphatic heterocycles. The Hall–Kier alpha value is -3.84. The van der Waals surface area contributed by atoms with Crippen molar-refractivity contribution in [1.29, 1.82) is 0 Å². The number of halogens is 3. The Morgan fingerprint density at radius 2 is 2.00 bits per heavy atom. The Balaban J connectivity index is 1.48. The van der Waals surface area contributed by atoms with E-state index >= 15 is 0 Å². The molecule has 9 nitrogen and oxygen atoms in total. The number of H-pyrrole nitrogens is 1. The van der Waals surface area contributed by atoms with Crippen LogP contribution in [0.25, 0.3) is 21.6 Å². The van der Waals surface area contributed by atoms with Crippen molar-refractivity contribution >= 4 is 28.9 Å². The van der Waals surface area contributed by atoms with Gasteiger partial charge in [0.1, 0.15) is 16.3 Å². The summed E-state index contributed by atoms with van der Waals surface area (Å²) in [6.45, 7) is 1.90. The number of carbonyl (C=O) groups excluding carboxylic acids is 1. The quantitative estimate of drug-likeness (QED) is 0.272. The maximum absolute atomic E-state index is 13.1. The molecule has 1 aliphatic carbocycles. The van der Waals surface area contributed by atoms with Gasteiger partial charge < -0.3 is 16.2 Å². The van der Waals surface area contributed by atoms with Crippen LogP contribution in [0.5, 0.6) is 0 Å². The highest BCUT2D eigenvalue weighted by molar-refractivity contribution is 7.15. The van der Waals surface area contributed by atoms with Gasteiger partial charge in [-0.1, -0.05) is 6.92 Å². The van der Waals surface area contributed by atoms with Gasteiger partial charge in [0.05, 0.1) is 11.1 Å². The number of nitrogens with two attached hydrogens (primary N) is 1. The van der Waals surface area contributed by atoms with Gasteiger partial charge >= 0.3 is 6.18 Å². The molecule has 0 radical (unpaired) electrons. The zero-order valence-electron chi connectivity index (χ0n) is 20.2. The number of anilines is 2. The van der Waals surface area contributed by atoms with Gasteiger partial charge in [0.25, 0.3) is 0 Å². The average molecular weight is 544 g/mol. The number of rotatable bonds is 6. The molecule has 0 spiro atoms. The summed E-state index contributed by atoms with van der Waals surface area (Å²) in [4.78, 5) is 24.5. The highest BCUT2D eigenvalue weighted by atomic mass is 32.1. The lowest BCUT2D eigenvalue weighted by atomic mass is 9.72. The van der Waals surface area contributed by atoms with E-state index in [2.05, 4.69) is 30.5 Å². The molecule has 5 N–H and O–H groups in total. The van der Waals surface area contributed by atoms with Crippen molar-refractivity contribution in [2.24, 2.45) is 17.6 Å². The highest BCUT2D eigenvalue weighted by Gasteiger charge is 2.42. The third kappa shape index (κ3) is 5.24. The molecule has 1 aliphatic rings. The van der Waals surface area contributed by atoms with Gasteiger partial charge in [-0.15, -0.1) is 11.3 Å². The molecule has 3 unspecified atom stereocenters. The van der Waals surface area contributed by atoms with Crippen molar-refractivity contribution in [3.05, 3.63) is 59.8 Å². The first-order valence-electron chi connectivity index (χ1n) is 11.8. The maximum Gasteiger partial charge on any atom is 0.433 e. The van der Waals surface area contributed by atoms with E-state index in [4.69, 9.17) is 5.73 Å². The first-order chi connectivity index (χ1) is 18.0. The third-order valence-electron chi connectivity index (χ3n) is 6.74. The normalized spacial score (nSPS) is 21.8. The second kappa shape index (κ2) is 9.80. The van der Waals surface area contributed by atoms with Crippen LogP contribution in [-0.4, -0.2) is 36.2 Å². The van der Waals surface area contributed by atoms with Gasteiger partial charge in [-0.3, -0.25) is 9.89 Å². The van der Waals surface area contributed by atoms with Crippen LogP contribution in [0.1, 0.15) is 36.9 Å². The third-order valence-corrected chi connectivity index (χ3v) is 7.98. The van der Waals surface area contributed by atoms with Crippen molar-refractivity contribution in [3.8, 4) is 21.6 Å². The lowest BCUT2D eigenvalue weighted by molar-refractivity contribution is -0.141. The van der Waals surface area contributed by atoms with Crippen LogP contribution in [-0.2, 0) is 16.6 Å². The zero-order chi connectivity index (χ0) is 27.1. The smallest absolute Gasteiger partial charge is 0.383 e. The Morgan fingerprint density at radius 1 is 1.21 bits per heavy atom. The summed E-state index contributed by atoms with van der Waals surface area (Å²) in [6, 6.07) is 6.21. The van der Waals surface area contributed by atoms with Gasteiger partial charge in [0, 0.05) is 35.8 Å². The number of aromatic amines is 1. The second-order valence-electron chi connectivity index (χ2n) is 9.46. The van der Waals surface area contributed by atoms with E-state index < -0.39 is 17.5 Å². The molecule has 1 amide bonds. The number of nitrogens with one attached hydrogen (secondary N) is 2. The van der Waals surface area contributed by atoms with Crippen molar-refractivity contribution in [2.75, 3.05) is 5.32 Å². The summed E-state index contributed by atoms with van der Waals surface area (Å²) in [5.74, 6) is -0.936. The fourth-order valence-electron chi connectivity index (χ4n) is 4.82. The monoisotopic (exact) mass is 543 g/mol. The van der Waals surface area contributed by atoms with Crippen LogP contribution in [0.4, 0.5) is 24.8 Å². The molecular formula is C25H24F3N7O2S. The van der Waals surface area contributed by atoms with Crippen LogP contribution in [0.2, 0.25) is 0 Å². The molecule has 13 heteroatoms. The second-order valence-corrected chi connectivity index (χ2v) is 10.5. The molecule has 0 saturated heterocycles. The SMILES string of the molecule is CC1CC(O)(c2ncc(-c3cc(Nc4nccc(C(F)(F)F)n4)cc(-c4cn[nH]c4)c3)s2)CCC1C(N)=O. The van der Waals surface area contributed by atoms with Gasteiger partial charge in [0.15, 0.2) is 0 Å². The summed E-state index contributed by atoms with van der Waals surface area (Å²) in [5.41, 5.74) is 5.97. The number of aliphatic hydroxyl groups is 1. The summed E-state index contributed by atoms with van der Waals surface area (Å²) in [5, 5.41) is 21.5. The Bertz CT molecular complexity index is 1460. The van der Waals surface area contributed by atoms with E-state index in [9.17, 15) is 23.1 Å². The number of hydrogen-bond donors (Lipinski definition) is 4. The topological polar surface area (TPSA) is 143 Å². The highest BCUT2D eigenvalue weighted by Crippen LogP contribution is 2.45.